The van der Waals surface area contributed by atoms with Crippen LogP contribution < -0.4 is 15.4 Å². The van der Waals surface area contributed by atoms with Gasteiger partial charge in [-0.3, -0.25) is 14.4 Å². The van der Waals surface area contributed by atoms with E-state index < -0.39 is 0 Å². The second kappa shape index (κ2) is 9.41. The highest BCUT2D eigenvalue weighted by molar-refractivity contribution is 5.92. The zero-order valence-electron chi connectivity index (χ0n) is 17.1. The minimum atomic E-state index is -0.119. The molecule has 3 heterocycles. The lowest BCUT2D eigenvalue weighted by Crippen LogP contribution is -2.37. The Morgan fingerprint density at radius 2 is 2.10 bits per heavy atom. The van der Waals surface area contributed by atoms with Crippen molar-refractivity contribution in [2.45, 2.75) is 37.8 Å². The molecular weight excluding hydrogens is 366 g/mol. The van der Waals surface area contributed by atoms with E-state index in [1.54, 1.807) is 7.11 Å². The Kier molecular flexibility index (Phi) is 6.46. The van der Waals surface area contributed by atoms with Gasteiger partial charge >= 0.3 is 0 Å². The number of aromatic nitrogens is 2. The maximum atomic E-state index is 12.8. The fraction of sp³-hybridized carbons (Fsp3) is 0.545. The van der Waals surface area contributed by atoms with Crippen molar-refractivity contribution in [3.05, 3.63) is 47.8 Å². The van der Waals surface area contributed by atoms with Crippen LogP contribution in [0.4, 0.5) is 0 Å². The van der Waals surface area contributed by atoms with Gasteiger partial charge in [0.15, 0.2) is 0 Å². The summed E-state index contributed by atoms with van der Waals surface area (Å²) in [5, 5.41) is 11.0. The number of piperidine rings is 1. The summed E-state index contributed by atoms with van der Waals surface area (Å²) in [6, 6.07) is 10.3. The molecule has 1 amide bonds. The van der Waals surface area contributed by atoms with Crippen LogP contribution in [0.1, 0.15) is 53.8 Å². The van der Waals surface area contributed by atoms with Crippen LogP contribution >= 0.6 is 0 Å². The van der Waals surface area contributed by atoms with Gasteiger partial charge in [-0.15, -0.1) is 0 Å². The van der Waals surface area contributed by atoms with Crippen molar-refractivity contribution in [3.63, 3.8) is 0 Å². The van der Waals surface area contributed by atoms with Crippen LogP contribution in [-0.4, -0.2) is 60.4 Å². The van der Waals surface area contributed by atoms with Crippen molar-refractivity contribution in [1.82, 2.24) is 25.3 Å². The lowest BCUT2D eigenvalue weighted by molar-refractivity contribution is 0.0931. The van der Waals surface area contributed by atoms with E-state index in [-0.39, 0.29) is 11.9 Å². The standard InChI is InChI=1S/C22H31N5O2/c1-29-21-9-3-2-8-18(21)20(26-12-4-5-13-26)16-24-22(28)19-10-14-27(25-19)17-7-6-11-23-15-17/h2-3,8-10,14,17,20,23H,4-7,11-13,15-16H2,1H3,(H,24,28). The highest BCUT2D eigenvalue weighted by Crippen LogP contribution is 2.31. The summed E-state index contributed by atoms with van der Waals surface area (Å²) in [7, 11) is 1.70. The van der Waals surface area contributed by atoms with Crippen molar-refractivity contribution in [3.8, 4) is 5.75 Å². The van der Waals surface area contributed by atoms with Gasteiger partial charge in [0.05, 0.1) is 19.2 Å². The zero-order valence-corrected chi connectivity index (χ0v) is 17.1. The van der Waals surface area contributed by atoms with Crippen LogP contribution in [0.3, 0.4) is 0 Å². The van der Waals surface area contributed by atoms with Crippen LogP contribution in [-0.2, 0) is 0 Å². The number of nitrogens with one attached hydrogen (secondary N) is 2. The first kappa shape index (κ1) is 19.9. The molecule has 0 radical (unpaired) electrons. The normalized spacial score (nSPS) is 21.1. The van der Waals surface area contributed by atoms with E-state index in [1.165, 1.54) is 12.8 Å². The molecule has 4 rings (SSSR count). The fourth-order valence-corrected chi connectivity index (χ4v) is 4.43. The van der Waals surface area contributed by atoms with Gasteiger partial charge in [0.1, 0.15) is 11.4 Å². The highest BCUT2D eigenvalue weighted by Gasteiger charge is 2.27. The summed E-state index contributed by atoms with van der Waals surface area (Å²) in [6.45, 7) is 4.60. The number of likely N-dealkylation sites (tertiary alicyclic amines) is 1. The Hall–Kier alpha value is -2.38. The maximum absolute atomic E-state index is 12.8. The molecule has 2 aromatic rings. The predicted molar refractivity (Wildman–Crippen MR) is 112 cm³/mol. The minimum Gasteiger partial charge on any atom is -0.496 e. The van der Waals surface area contributed by atoms with Gasteiger partial charge in [-0.25, -0.2) is 0 Å². The molecule has 1 aromatic heterocycles. The Balaban J connectivity index is 1.44. The molecule has 2 N–H and O–H groups in total. The van der Waals surface area contributed by atoms with Gasteiger partial charge in [-0.05, 0) is 57.5 Å². The van der Waals surface area contributed by atoms with E-state index in [4.69, 9.17) is 4.74 Å². The van der Waals surface area contributed by atoms with Crippen LogP contribution in [0.25, 0.3) is 0 Å². The first-order chi connectivity index (χ1) is 14.3. The van der Waals surface area contributed by atoms with Crippen LogP contribution in [0.2, 0.25) is 0 Å². The number of para-hydroxylation sites is 1. The molecule has 2 aliphatic rings. The summed E-state index contributed by atoms with van der Waals surface area (Å²) < 4.78 is 7.52. The summed E-state index contributed by atoms with van der Waals surface area (Å²) in [5.74, 6) is 0.749. The molecule has 2 saturated heterocycles. The molecule has 7 heteroatoms. The summed E-state index contributed by atoms with van der Waals surface area (Å²) in [4.78, 5) is 15.2. The zero-order chi connectivity index (χ0) is 20.1. The predicted octanol–water partition coefficient (Wildman–Crippen LogP) is 2.38. The number of benzene rings is 1. The Labute approximate surface area is 172 Å². The van der Waals surface area contributed by atoms with E-state index >= 15 is 0 Å². The fourth-order valence-electron chi connectivity index (χ4n) is 4.43. The second-order valence-electron chi connectivity index (χ2n) is 7.89. The minimum absolute atomic E-state index is 0.0993. The van der Waals surface area contributed by atoms with Crippen molar-refractivity contribution in [2.75, 3.05) is 39.8 Å². The molecule has 2 atom stereocenters. The van der Waals surface area contributed by atoms with Gasteiger partial charge in [-0.1, -0.05) is 18.2 Å². The quantitative estimate of drug-likeness (QED) is 0.751. The number of hydrogen-bond acceptors (Lipinski definition) is 5. The van der Waals surface area contributed by atoms with E-state index in [2.05, 4.69) is 26.7 Å². The number of carbonyl (C=O) groups is 1. The number of rotatable bonds is 7. The molecule has 2 unspecified atom stereocenters. The summed E-state index contributed by atoms with van der Waals surface area (Å²) in [6.07, 6.45) is 6.55. The number of nitrogens with zero attached hydrogens (tertiary/aromatic N) is 3. The first-order valence-corrected chi connectivity index (χ1v) is 10.7. The van der Waals surface area contributed by atoms with Gasteiger partial charge in [0.2, 0.25) is 0 Å². The number of hydrogen-bond donors (Lipinski definition) is 2. The third kappa shape index (κ3) is 4.62. The summed E-state index contributed by atoms with van der Waals surface area (Å²) in [5.41, 5.74) is 1.60. The van der Waals surface area contributed by atoms with Crippen molar-refractivity contribution in [2.24, 2.45) is 0 Å². The Morgan fingerprint density at radius 3 is 2.86 bits per heavy atom. The maximum Gasteiger partial charge on any atom is 0.271 e. The molecule has 2 aliphatic heterocycles. The number of ether oxygens (including phenoxy) is 1. The Bertz CT molecular complexity index is 809. The van der Waals surface area contributed by atoms with Crippen molar-refractivity contribution in [1.29, 1.82) is 0 Å². The largest absolute Gasteiger partial charge is 0.496 e. The molecule has 0 spiro atoms. The van der Waals surface area contributed by atoms with E-state index in [9.17, 15) is 4.79 Å². The van der Waals surface area contributed by atoms with Gasteiger partial charge < -0.3 is 15.4 Å². The average molecular weight is 398 g/mol. The molecule has 156 valence electrons. The van der Waals surface area contributed by atoms with Crippen LogP contribution in [0.5, 0.6) is 5.75 Å². The van der Waals surface area contributed by atoms with Gasteiger partial charge in [-0.2, -0.15) is 5.10 Å². The molecule has 7 nitrogen and oxygen atoms in total. The number of amides is 1. The lowest BCUT2D eigenvalue weighted by atomic mass is 10.0. The summed E-state index contributed by atoms with van der Waals surface area (Å²) >= 11 is 0. The highest BCUT2D eigenvalue weighted by atomic mass is 16.5. The van der Waals surface area contributed by atoms with Crippen molar-refractivity contribution >= 4 is 5.91 Å². The third-order valence-electron chi connectivity index (χ3n) is 6.02. The second-order valence-corrected chi connectivity index (χ2v) is 7.89. The Morgan fingerprint density at radius 1 is 1.28 bits per heavy atom. The topological polar surface area (TPSA) is 71.4 Å². The van der Waals surface area contributed by atoms with Crippen LogP contribution in [0, 0.1) is 0 Å². The van der Waals surface area contributed by atoms with E-state index in [1.807, 2.05) is 35.1 Å². The molecule has 0 bridgehead atoms. The molecule has 29 heavy (non-hydrogen) atoms. The molecule has 2 fully saturated rings. The van der Waals surface area contributed by atoms with E-state index in [0.29, 0.717) is 18.3 Å². The van der Waals surface area contributed by atoms with Crippen LogP contribution in [0.15, 0.2) is 36.5 Å². The average Bonchev–Trinajstić information content (AvgIpc) is 3.47. The molecule has 1 aromatic carbocycles. The van der Waals surface area contributed by atoms with Gasteiger partial charge in [0, 0.05) is 24.8 Å². The first-order valence-electron chi connectivity index (χ1n) is 10.7. The molecule has 0 saturated carbocycles. The SMILES string of the molecule is COc1ccccc1C(CNC(=O)c1ccn(C2CCCNC2)n1)N1CCCC1. The molecule has 0 aliphatic carbocycles. The third-order valence-corrected chi connectivity index (χ3v) is 6.02. The van der Waals surface area contributed by atoms with Crippen molar-refractivity contribution < 1.29 is 9.53 Å². The number of carbonyl (C=O) groups excluding carboxylic acids is 1. The van der Waals surface area contributed by atoms with Gasteiger partial charge in [0.25, 0.3) is 5.91 Å². The number of methoxy groups -OCH3 is 1. The smallest absolute Gasteiger partial charge is 0.271 e. The van der Waals surface area contributed by atoms with E-state index in [0.717, 1.165) is 50.3 Å². The lowest BCUT2D eigenvalue weighted by Gasteiger charge is -2.29. The molecular formula is C22H31N5O2. The monoisotopic (exact) mass is 397 g/mol.